The van der Waals surface area contributed by atoms with Crippen LogP contribution < -0.4 is 20.7 Å². The van der Waals surface area contributed by atoms with Gasteiger partial charge in [0.05, 0.1) is 12.6 Å². The van der Waals surface area contributed by atoms with E-state index in [1.54, 1.807) is 39.1 Å². The van der Waals surface area contributed by atoms with E-state index in [0.717, 1.165) is 18.4 Å². The largest absolute Gasteiger partial charge is 0.484 e. The fourth-order valence-corrected chi connectivity index (χ4v) is 2.87. The van der Waals surface area contributed by atoms with Gasteiger partial charge in [0, 0.05) is 25.7 Å². The summed E-state index contributed by atoms with van der Waals surface area (Å²) in [6.45, 7) is 3.16. The number of carbonyl (C=O) groups excluding carboxylic acids is 1. The molecule has 31 heavy (non-hydrogen) atoms. The molecule has 1 aliphatic carbocycles. The maximum absolute atomic E-state index is 12.5. The Morgan fingerprint density at radius 1 is 1.29 bits per heavy atom. The first-order valence-electron chi connectivity index (χ1n) is 9.88. The molecule has 1 aromatic carbocycles. The smallest absolute Gasteiger partial charge is 0.422 e. The average molecular weight is 558 g/mol. The molecule has 1 unspecified atom stereocenters. The van der Waals surface area contributed by atoms with E-state index in [-0.39, 0.29) is 42.3 Å². The molecule has 1 amide bonds. The van der Waals surface area contributed by atoms with Gasteiger partial charge in [-0.25, -0.2) is 4.79 Å². The van der Waals surface area contributed by atoms with E-state index in [4.69, 9.17) is 9.47 Å². The third-order valence-electron chi connectivity index (χ3n) is 4.54. The number of rotatable bonds is 9. The van der Waals surface area contributed by atoms with Crippen LogP contribution in [-0.4, -0.2) is 51.1 Å². The van der Waals surface area contributed by atoms with Crippen molar-refractivity contribution in [1.82, 2.24) is 16.0 Å². The Kier molecular flexibility index (Phi) is 11.2. The van der Waals surface area contributed by atoms with E-state index < -0.39 is 18.9 Å². The van der Waals surface area contributed by atoms with Gasteiger partial charge in [-0.3, -0.25) is 4.99 Å². The molecule has 1 saturated carbocycles. The van der Waals surface area contributed by atoms with Gasteiger partial charge >= 0.3 is 12.3 Å². The summed E-state index contributed by atoms with van der Waals surface area (Å²) in [5.41, 5.74) is 1.38. The Morgan fingerprint density at radius 2 is 2.00 bits per heavy atom. The number of hydrogen-bond acceptors (Lipinski definition) is 4. The van der Waals surface area contributed by atoms with E-state index in [1.807, 2.05) is 0 Å². The van der Waals surface area contributed by atoms with Crippen LogP contribution in [0.4, 0.5) is 18.0 Å². The fourth-order valence-electron chi connectivity index (χ4n) is 2.87. The number of benzene rings is 1. The minimum atomic E-state index is -4.41. The van der Waals surface area contributed by atoms with Crippen molar-refractivity contribution >= 4 is 36.0 Å². The molecular weight excluding hydrogens is 528 g/mol. The number of aryl methyl sites for hydroxylation is 1. The van der Waals surface area contributed by atoms with Crippen molar-refractivity contribution in [2.75, 3.05) is 26.8 Å². The lowest BCUT2D eigenvalue weighted by Gasteiger charge is -2.21. The van der Waals surface area contributed by atoms with Crippen molar-refractivity contribution in [3.63, 3.8) is 0 Å². The SMILES string of the molecule is CCOC(=O)NC(CNC(=NC)NCc1ccc(C)cc1OCC(F)(F)F)C1CC1.I. The predicted molar refractivity (Wildman–Crippen MR) is 123 cm³/mol. The fraction of sp³-hybridized carbons (Fsp3) is 0.600. The lowest BCUT2D eigenvalue weighted by atomic mass is 10.1. The van der Waals surface area contributed by atoms with Gasteiger partial charge in [0.1, 0.15) is 5.75 Å². The topological polar surface area (TPSA) is 84.0 Å². The highest BCUT2D eigenvalue weighted by Crippen LogP contribution is 2.32. The van der Waals surface area contributed by atoms with E-state index in [1.165, 1.54) is 0 Å². The minimum Gasteiger partial charge on any atom is -0.484 e. The molecule has 7 nitrogen and oxygen atoms in total. The van der Waals surface area contributed by atoms with Gasteiger partial charge in [-0.15, -0.1) is 24.0 Å². The maximum atomic E-state index is 12.5. The number of alkyl halides is 3. The van der Waals surface area contributed by atoms with Crippen molar-refractivity contribution in [3.05, 3.63) is 29.3 Å². The molecule has 3 N–H and O–H groups in total. The van der Waals surface area contributed by atoms with Gasteiger partial charge in [-0.1, -0.05) is 12.1 Å². The third-order valence-corrected chi connectivity index (χ3v) is 4.54. The molecule has 1 atom stereocenters. The normalized spacial score (nSPS) is 14.8. The first kappa shape index (κ1) is 27.1. The van der Waals surface area contributed by atoms with Crippen LogP contribution in [0.3, 0.4) is 0 Å². The Labute approximate surface area is 197 Å². The Morgan fingerprint density at radius 3 is 2.58 bits per heavy atom. The van der Waals surface area contributed by atoms with Gasteiger partial charge in [-0.05, 0) is 44.2 Å². The quantitative estimate of drug-likeness (QED) is 0.245. The van der Waals surface area contributed by atoms with E-state index in [0.29, 0.717) is 30.6 Å². The molecule has 0 spiro atoms. The second-order valence-electron chi connectivity index (χ2n) is 7.13. The van der Waals surface area contributed by atoms with Crippen LogP contribution in [-0.2, 0) is 11.3 Å². The summed E-state index contributed by atoms with van der Waals surface area (Å²) in [5, 5.41) is 9.06. The van der Waals surface area contributed by atoms with E-state index in [2.05, 4.69) is 20.9 Å². The van der Waals surface area contributed by atoms with Crippen LogP contribution in [0.2, 0.25) is 0 Å². The van der Waals surface area contributed by atoms with Crippen LogP contribution in [0.5, 0.6) is 5.75 Å². The molecule has 1 aliphatic rings. The number of nitrogens with zero attached hydrogens (tertiary/aromatic N) is 1. The molecular formula is C20H30F3IN4O3. The molecule has 0 aliphatic heterocycles. The number of halogens is 4. The summed E-state index contributed by atoms with van der Waals surface area (Å²) in [7, 11) is 1.59. The van der Waals surface area contributed by atoms with Gasteiger partial charge in [-0.2, -0.15) is 13.2 Å². The number of alkyl carbamates (subject to hydrolysis) is 1. The number of guanidine groups is 1. The molecule has 176 valence electrons. The van der Waals surface area contributed by atoms with Crippen LogP contribution in [0.15, 0.2) is 23.2 Å². The standard InChI is InChI=1S/C20H29F3N4O3.HI/c1-4-29-19(28)27-16(14-7-8-14)11-26-18(24-3)25-10-15-6-5-13(2)9-17(15)30-12-20(21,22)23;/h5-6,9,14,16H,4,7-8,10-12H2,1-3H3,(H,27,28)(H2,24,25,26);1H. The van der Waals surface area contributed by atoms with Gasteiger partial charge in [0.15, 0.2) is 12.6 Å². The van der Waals surface area contributed by atoms with E-state index >= 15 is 0 Å². The number of nitrogens with one attached hydrogen (secondary N) is 3. The maximum Gasteiger partial charge on any atom is 0.422 e. The highest BCUT2D eigenvalue weighted by Gasteiger charge is 2.32. The molecule has 1 fully saturated rings. The van der Waals surface area contributed by atoms with Gasteiger partial charge in [0.25, 0.3) is 0 Å². The van der Waals surface area contributed by atoms with Gasteiger partial charge < -0.3 is 25.4 Å². The molecule has 0 aromatic heterocycles. The lowest BCUT2D eigenvalue weighted by Crippen LogP contribution is -2.48. The van der Waals surface area contributed by atoms with Crippen molar-refractivity contribution in [3.8, 4) is 5.75 Å². The number of amides is 1. The molecule has 11 heteroatoms. The lowest BCUT2D eigenvalue weighted by molar-refractivity contribution is -0.153. The summed E-state index contributed by atoms with van der Waals surface area (Å²) >= 11 is 0. The summed E-state index contributed by atoms with van der Waals surface area (Å²) in [4.78, 5) is 15.8. The Bertz CT molecular complexity index is 743. The summed E-state index contributed by atoms with van der Waals surface area (Å²) in [6, 6.07) is 5.01. The number of ether oxygens (including phenoxy) is 2. The first-order valence-corrected chi connectivity index (χ1v) is 9.88. The highest BCUT2D eigenvalue weighted by molar-refractivity contribution is 14.0. The van der Waals surface area contributed by atoms with Gasteiger partial charge in [0.2, 0.25) is 0 Å². The molecule has 0 heterocycles. The van der Waals surface area contributed by atoms with Crippen LogP contribution in [0.25, 0.3) is 0 Å². The van der Waals surface area contributed by atoms with Crippen LogP contribution in [0, 0.1) is 12.8 Å². The Hall–Kier alpha value is -1.92. The third kappa shape index (κ3) is 10.3. The molecule has 1 aromatic rings. The van der Waals surface area contributed by atoms with Crippen molar-refractivity contribution < 1.29 is 27.4 Å². The second-order valence-corrected chi connectivity index (χ2v) is 7.13. The number of carbonyl (C=O) groups is 1. The summed E-state index contributed by atoms with van der Waals surface area (Å²) in [6.07, 6.45) is -2.79. The van der Waals surface area contributed by atoms with Crippen molar-refractivity contribution in [1.29, 1.82) is 0 Å². The highest BCUT2D eigenvalue weighted by atomic mass is 127. The second kappa shape index (κ2) is 12.8. The first-order chi connectivity index (χ1) is 14.2. The monoisotopic (exact) mass is 558 g/mol. The Balaban J connectivity index is 0.00000480. The van der Waals surface area contributed by atoms with E-state index in [9.17, 15) is 18.0 Å². The number of aliphatic imine (C=N–C) groups is 1. The predicted octanol–water partition coefficient (Wildman–Crippen LogP) is 3.74. The summed E-state index contributed by atoms with van der Waals surface area (Å²) in [5.74, 6) is 1.03. The zero-order chi connectivity index (χ0) is 22.1. The summed E-state index contributed by atoms with van der Waals surface area (Å²) < 4.78 is 47.5. The zero-order valence-electron chi connectivity index (χ0n) is 17.8. The molecule has 0 radical (unpaired) electrons. The average Bonchev–Trinajstić information content (AvgIpc) is 3.51. The molecule has 2 rings (SSSR count). The van der Waals surface area contributed by atoms with Crippen molar-refractivity contribution in [2.24, 2.45) is 10.9 Å². The molecule has 0 saturated heterocycles. The molecule has 0 bridgehead atoms. The zero-order valence-corrected chi connectivity index (χ0v) is 20.2. The number of hydrogen-bond donors (Lipinski definition) is 3. The van der Waals surface area contributed by atoms with Crippen LogP contribution >= 0.6 is 24.0 Å². The van der Waals surface area contributed by atoms with Crippen molar-refractivity contribution in [2.45, 2.75) is 45.5 Å². The minimum absolute atomic E-state index is 0. The van der Waals surface area contributed by atoms with Crippen LogP contribution in [0.1, 0.15) is 30.9 Å².